The zero-order valence-electron chi connectivity index (χ0n) is 16.4. The van der Waals surface area contributed by atoms with E-state index in [1.54, 1.807) is 25.3 Å². The molecule has 2 aliphatic heterocycles. The molecule has 1 aromatic rings. The van der Waals surface area contributed by atoms with Crippen LogP contribution < -0.4 is 14.8 Å². The van der Waals surface area contributed by atoms with Crippen molar-refractivity contribution in [2.45, 2.75) is 30.8 Å². The lowest BCUT2D eigenvalue weighted by molar-refractivity contribution is -0.183. The smallest absolute Gasteiger partial charge is 0.305 e. The van der Waals surface area contributed by atoms with Crippen LogP contribution in [0.15, 0.2) is 28.4 Å². The Labute approximate surface area is 177 Å². The average molecular weight is 437 g/mol. The van der Waals surface area contributed by atoms with Gasteiger partial charge in [0.25, 0.3) is 0 Å². The number of benzene rings is 1. The summed E-state index contributed by atoms with van der Waals surface area (Å²) in [7, 11) is 1.56. The van der Waals surface area contributed by atoms with Crippen LogP contribution in [0.1, 0.15) is 24.8 Å². The number of thioether (sulfide) groups is 1. The second-order valence-electron chi connectivity index (χ2n) is 6.42. The highest BCUT2D eigenvalue weighted by atomic mass is 32.2. The molecular formula is C19H23N3O7S. The number of amidine groups is 1. The van der Waals surface area contributed by atoms with Gasteiger partial charge < -0.3 is 29.4 Å². The molecule has 2 heterocycles. The van der Waals surface area contributed by atoms with Crippen molar-refractivity contribution >= 4 is 35.0 Å². The van der Waals surface area contributed by atoms with Gasteiger partial charge in [-0.25, -0.2) is 0 Å². The molecule has 11 heteroatoms. The first-order chi connectivity index (χ1) is 14.5. The molecule has 1 amide bonds. The maximum atomic E-state index is 11.7. The third-order valence-corrected chi connectivity index (χ3v) is 5.26. The lowest BCUT2D eigenvalue weighted by Gasteiger charge is -2.23. The molecule has 2 N–H and O–H groups in total. The van der Waals surface area contributed by atoms with E-state index in [2.05, 4.69) is 15.5 Å². The van der Waals surface area contributed by atoms with Gasteiger partial charge in [0.15, 0.2) is 23.0 Å². The summed E-state index contributed by atoms with van der Waals surface area (Å²) in [4.78, 5) is 22.5. The molecule has 3 rings (SSSR count). The molecule has 0 aliphatic carbocycles. The summed E-state index contributed by atoms with van der Waals surface area (Å²) in [6.07, 6.45) is 2.48. The van der Waals surface area contributed by atoms with Crippen LogP contribution in [-0.2, 0) is 19.1 Å². The first-order valence-electron chi connectivity index (χ1n) is 9.39. The van der Waals surface area contributed by atoms with Gasteiger partial charge >= 0.3 is 5.97 Å². The van der Waals surface area contributed by atoms with E-state index in [9.17, 15) is 9.59 Å². The SMILES string of the molecule is COc1ccc(C=NN=C2NC(=O)C(CC(=O)O)S2)cc1OCCC1OCCCO1. The lowest BCUT2D eigenvalue weighted by atomic mass is 10.2. The van der Waals surface area contributed by atoms with Crippen LogP contribution in [0.25, 0.3) is 0 Å². The molecule has 0 radical (unpaired) electrons. The number of ether oxygens (including phenoxy) is 4. The first kappa shape index (κ1) is 22.1. The highest BCUT2D eigenvalue weighted by molar-refractivity contribution is 8.15. The number of aliphatic carboxylic acids is 1. The van der Waals surface area contributed by atoms with Crippen molar-refractivity contribution < 1.29 is 33.6 Å². The highest BCUT2D eigenvalue weighted by Crippen LogP contribution is 2.28. The van der Waals surface area contributed by atoms with Crippen molar-refractivity contribution in [2.75, 3.05) is 26.9 Å². The molecule has 0 spiro atoms. The molecule has 0 saturated carbocycles. The number of amides is 1. The summed E-state index contributed by atoms with van der Waals surface area (Å²) < 4.78 is 22.1. The third-order valence-electron chi connectivity index (χ3n) is 4.19. The number of carboxylic acids is 1. The number of methoxy groups -OCH3 is 1. The fourth-order valence-corrected chi connectivity index (χ4v) is 3.66. The van der Waals surface area contributed by atoms with E-state index in [0.717, 1.165) is 23.7 Å². The zero-order valence-corrected chi connectivity index (χ0v) is 17.2. The van der Waals surface area contributed by atoms with Crippen LogP contribution in [0.2, 0.25) is 0 Å². The van der Waals surface area contributed by atoms with Crippen molar-refractivity contribution in [3.8, 4) is 11.5 Å². The van der Waals surface area contributed by atoms with E-state index < -0.39 is 11.2 Å². The predicted molar refractivity (Wildman–Crippen MR) is 110 cm³/mol. The maximum Gasteiger partial charge on any atom is 0.305 e. The standard InChI is InChI=1S/C19H23N3O7S/c1-26-13-4-3-12(9-14(13)27-8-5-17-28-6-2-7-29-17)11-20-22-19-21-18(25)15(30-19)10-16(23)24/h3-4,9,11,15,17H,2,5-8,10H2,1H3,(H,23,24)(H,21,22,25). The van der Waals surface area contributed by atoms with Gasteiger partial charge in [0.05, 0.1) is 39.6 Å². The number of hydrogen-bond acceptors (Lipinski definition) is 9. The van der Waals surface area contributed by atoms with Crippen LogP contribution in [0.5, 0.6) is 11.5 Å². The van der Waals surface area contributed by atoms with E-state index >= 15 is 0 Å². The van der Waals surface area contributed by atoms with Crippen LogP contribution in [0.3, 0.4) is 0 Å². The number of carbonyl (C=O) groups is 2. The van der Waals surface area contributed by atoms with Gasteiger partial charge in [0.2, 0.25) is 5.91 Å². The minimum absolute atomic E-state index is 0.255. The van der Waals surface area contributed by atoms with Crippen molar-refractivity contribution in [3.63, 3.8) is 0 Å². The Morgan fingerprint density at radius 1 is 1.37 bits per heavy atom. The summed E-state index contributed by atoms with van der Waals surface area (Å²) in [5.41, 5.74) is 0.719. The van der Waals surface area contributed by atoms with Crippen LogP contribution in [0.4, 0.5) is 0 Å². The third kappa shape index (κ3) is 6.44. The van der Waals surface area contributed by atoms with E-state index in [1.165, 1.54) is 6.21 Å². The van der Waals surface area contributed by atoms with E-state index in [-0.39, 0.29) is 23.8 Å². The largest absolute Gasteiger partial charge is 0.493 e. The van der Waals surface area contributed by atoms with Gasteiger partial charge in [-0.3, -0.25) is 9.59 Å². The Hall–Kier alpha value is -2.63. The molecular weight excluding hydrogens is 414 g/mol. The van der Waals surface area contributed by atoms with E-state index in [1.807, 2.05) is 0 Å². The Morgan fingerprint density at radius 3 is 2.90 bits per heavy atom. The van der Waals surface area contributed by atoms with Crippen molar-refractivity contribution in [1.29, 1.82) is 0 Å². The van der Waals surface area contributed by atoms with Crippen molar-refractivity contribution in [1.82, 2.24) is 5.32 Å². The minimum atomic E-state index is -1.04. The fourth-order valence-electron chi connectivity index (χ4n) is 2.75. The summed E-state index contributed by atoms with van der Waals surface area (Å²) >= 11 is 1.04. The van der Waals surface area contributed by atoms with E-state index in [4.69, 9.17) is 24.1 Å². The molecule has 10 nitrogen and oxygen atoms in total. The highest BCUT2D eigenvalue weighted by Gasteiger charge is 2.32. The normalized spacial score (nSPS) is 21.2. The summed E-state index contributed by atoms with van der Waals surface area (Å²) in [6, 6.07) is 5.31. The first-order valence-corrected chi connectivity index (χ1v) is 10.3. The Morgan fingerprint density at radius 2 is 2.17 bits per heavy atom. The van der Waals surface area contributed by atoms with E-state index in [0.29, 0.717) is 37.7 Å². The number of hydrogen-bond donors (Lipinski definition) is 2. The monoisotopic (exact) mass is 437 g/mol. The summed E-state index contributed by atoms with van der Waals surface area (Å²) in [6.45, 7) is 1.79. The van der Waals surface area contributed by atoms with Crippen molar-refractivity contribution in [2.24, 2.45) is 10.2 Å². The van der Waals surface area contributed by atoms with Gasteiger partial charge in [-0.2, -0.15) is 5.10 Å². The molecule has 2 aliphatic rings. The molecule has 30 heavy (non-hydrogen) atoms. The molecule has 0 bridgehead atoms. The number of carboxylic acid groups (broad SMARTS) is 1. The van der Waals surface area contributed by atoms with Crippen LogP contribution in [-0.4, -0.2) is 66.8 Å². The second-order valence-corrected chi connectivity index (χ2v) is 7.61. The molecule has 2 fully saturated rings. The number of nitrogens with zero attached hydrogens (tertiary/aromatic N) is 2. The molecule has 1 unspecified atom stereocenters. The molecule has 1 aromatic carbocycles. The Balaban J connectivity index is 1.57. The lowest BCUT2D eigenvalue weighted by Crippen LogP contribution is -2.26. The van der Waals surface area contributed by atoms with Gasteiger partial charge in [-0.15, -0.1) is 5.10 Å². The zero-order chi connectivity index (χ0) is 21.3. The predicted octanol–water partition coefficient (Wildman–Crippen LogP) is 1.62. The second kappa shape index (κ2) is 11.0. The van der Waals surface area contributed by atoms with Gasteiger partial charge in [0, 0.05) is 6.42 Å². The number of carbonyl (C=O) groups excluding carboxylic acids is 1. The molecule has 0 aromatic heterocycles. The number of nitrogens with one attached hydrogen (secondary N) is 1. The molecule has 162 valence electrons. The quantitative estimate of drug-likeness (QED) is 0.441. The molecule has 1 atom stereocenters. The van der Waals surface area contributed by atoms with Crippen LogP contribution >= 0.6 is 11.8 Å². The van der Waals surface area contributed by atoms with Crippen LogP contribution in [0, 0.1) is 0 Å². The Bertz CT molecular complexity index is 824. The average Bonchev–Trinajstić information content (AvgIpc) is 3.07. The summed E-state index contributed by atoms with van der Waals surface area (Å²) in [5.74, 6) is -0.295. The van der Waals surface area contributed by atoms with Gasteiger partial charge in [0.1, 0.15) is 5.25 Å². The fraction of sp³-hybridized carbons (Fsp3) is 0.474. The molecule has 2 saturated heterocycles. The maximum absolute atomic E-state index is 11.7. The van der Waals surface area contributed by atoms with Gasteiger partial charge in [-0.1, -0.05) is 11.8 Å². The van der Waals surface area contributed by atoms with Gasteiger partial charge in [-0.05, 0) is 30.2 Å². The number of rotatable bonds is 9. The summed E-state index contributed by atoms with van der Waals surface area (Å²) in [5, 5.41) is 18.8. The van der Waals surface area contributed by atoms with Crippen molar-refractivity contribution in [3.05, 3.63) is 23.8 Å². The topological polar surface area (TPSA) is 128 Å². The Kier molecular flexibility index (Phi) is 8.05. The minimum Gasteiger partial charge on any atom is -0.493 e.